The van der Waals surface area contributed by atoms with Gasteiger partial charge in [0.05, 0.1) is 3.79 Å². The molecule has 2 N–H and O–H groups in total. The molecule has 2 rings (SSSR count). The largest absolute Gasteiger partial charge is 0.491 e. The molecule has 1 heterocycles. The predicted molar refractivity (Wildman–Crippen MR) is 67.1 cm³/mol. The summed E-state index contributed by atoms with van der Waals surface area (Å²) in [7, 11) is -1.44. The Balaban J connectivity index is 2.83. The zero-order valence-electron chi connectivity index (χ0n) is 6.87. The van der Waals surface area contributed by atoms with Crippen molar-refractivity contribution in [2.75, 3.05) is 0 Å². The Labute approximate surface area is 102 Å². The SMILES string of the molecule is OB(O)c1c(Br)sc2c(Br)cccc12. The van der Waals surface area contributed by atoms with Crippen LogP contribution in [0.5, 0.6) is 0 Å². The number of hydrogen-bond donors (Lipinski definition) is 2. The molecule has 0 aliphatic heterocycles. The van der Waals surface area contributed by atoms with E-state index in [-0.39, 0.29) is 0 Å². The van der Waals surface area contributed by atoms with Gasteiger partial charge >= 0.3 is 7.12 Å². The van der Waals surface area contributed by atoms with Gasteiger partial charge in [0.1, 0.15) is 0 Å². The van der Waals surface area contributed by atoms with Crippen LogP contribution in [0, 0.1) is 0 Å². The van der Waals surface area contributed by atoms with Crippen molar-refractivity contribution in [1.29, 1.82) is 0 Å². The molecule has 0 spiro atoms. The highest BCUT2D eigenvalue weighted by molar-refractivity contribution is 9.11. The van der Waals surface area contributed by atoms with Crippen molar-refractivity contribution in [2.24, 2.45) is 0 Å². The van der Waals surface area contributed by atoms with Crippen molar-refractivity contribution >= 4 is 65.9 Å². The highest BCUT2D eigenvalue weighted by atomic mass is 79.9. The molecular weight excluding hydrogens is 331 g/mol. The Morgan fingerprint density at radius 2 is 1.93 bits per heavy atom. The van der Waals surface area contributed by atoms with Crippen LogP contribution < -0.4 is 5.46 Å². The normalized spacial score (nSPS) is 10.9. The molecule has 0 atom stereocenters. The van der Waals surface area contributed by atoms with Gasteiger partial charge in [0.25, 0.3) is 0 Å². The molecule has 0 aliphatic carbocycles. The fourth-order valence-corrected chi connectivity index (χ4v) is 3.79. The third kappa shape index (κ3) is 1.65. The monoisotopic (exact) mass is 334 g/mol. The summed E-state index contributed by atoms with van der Waals surface area (Å²) < 4.78 is 2.74. The van der Waals surface area contributed by atoms with Crippen molar-refractivity contribution < 1.29 is 10.0 Å². The fraction of sp³-hybridized carbons (Fsp3) is 0. The third-order valence-corrected chi connectivity index (χ3v) is 4.80. The van der Waals surface area contributed by atoms with Crippen LogP contribution in [0.1, 0.15) is 0 Å². The van der Waals surface area contributed by atoms with E-state index < -0.39 is 7.12 Å². The average molecular weight is 336 g/mol. The molecular formula is C8H5BBr2O2S. The highest BCUT2D eigenvalue weighted by Crippen LogP contribution is 2.33. The Hall–Kier alpha value is 0.125. The number of hydrogen-bond acceptors (Lipinski definition) is 3. The van der Waals surface area contributed by atoms with Crippen LogP contribution in [-0.4, -0.2) is 17.2 Å². The summed E-state index contributed by atoms with van der Waals surface area (Å²) in [5.74, 6) is 0. The minimum atomic E-state index is -1.44. The van der Waals surface area contributed by atoms with E-state index in [1.165, 1.54) is 11.3 Å². The van der Waals surface area contributed by atoms with Crippen LogP contribution >= 0.6 is 43.2 Å². The van der Waals surface area contributed by atoms with Gasteiger partial charge in [-0.15, -0.1) is 11.3 Å². The van der Waals surface area contributed by atoms with Gasteiger partial charge in [-0.25, -0.2) is 0 Å². The van der Waals surface area contributed by atoms with Crippen LogP contribution in [0.25, 0.3) is 10.1 Å². The maximum atomic E-state index is 9.20. The summed E-state index contributed by atoms with van der Waals surface area (Å²) in [6.45, 7) is 0. The fourth-order valence-electron chi connectivity index (χ4n) is 1.32. The van der Waals surface area contributed by atoms with Crippen molar-refractivity contribution in [3.8, 4) is 0 Å². The molecule has 6 heteroatoms. The lowest BCUT2D eigenvalue weighted by molar-refractivity contribution is 0.426. The number of benzene rings is 1. The third-order valence-electron chi connectivity index (χ3n) is 1.92. The van der Waals surface area contributed by atoms with Gasteiger partial charge in [0, 0.05) is 14.6 Å². The molecule has 2 nitrogen and oxygen atoms in total. The molecule has 0 saturated carbocycles. The predicted octanol–water partition coefficient (Wildman–Crippen LogP) is 2.11. The Morgan fingerprint density at radius 1 is 1.21 bits per heavy atom. The zero-order chi connectivity index (χ0) is 10.3. The summed E-state index contributed by atoms with van der Waals surface area (Å²) >= 11 is 8.23. The highest BCUT2D eigenvalue weighted by Gasteiger charge is 2.21. The number of fused-ring (bicyclic) bond motifs is 1. The lowest BCUT2D eigenvalue weighted by atomic mass is 9.80. The van der Waals surface area contributed by atoms with Gasteiger partial charge in [0.2, 0.25) is 0 Å². The van der Waals surface area contributed by atoms with Gasteiger partial charge in [-0.2, -0.15) is 0 Å². The van der Waals surface area contributed by atoms with Gasteiger partial charge in [0.15, 0.2) is 0 Å². The summed E-state index contributed by atoms with van der Waals surface area (Å²) in [6.07, 6.45) is 0. The van der Waals surface area contributed by atoms with Crippen molar-refractivity contribution in [1.82, 2.24) is 0 Å². The molecule has 1 aromatic carbocycles. The maximum Gasteiger partial charge on any atom is 0.491 e. The summed E-state index contributed by atoms with van der Waals surface area (Å²) in [5, 5.41) is 19.3. The van der Waals surface area contributed by atoms with Gasteiger partial charge < -0.3 is 10.0 Å². The van der Waals surface area contributed by atoms with Gasteiger partial charge in [-0.1, -0.05) is 12.1 Å². The van der Waals surface area contributed by atoms with E-state index in [2.05, 4.69) is 31.9 Å². The minimum absolute atomic E-state index is 0.534. The molecule has 2 aromatic rings. The molecule has 0 radical (unpaired) electrons. The molecule has 72 valence electrons. The second kappa shape index (κ2) is 3.94. The second-order valence-electron chi connectivity index (χ2n) is 2.78. The molecule has 0 amide bonds. The van der Waals surface area contributed by atoms with Crippen molar-refractivity contribution in [3.05, 3.63) is 26.5 Å². The smallest absolute Gasteiger partial charge is 0.423 e. The molecule has 0 bridgehead atoms. The van der Waals surface area contributed by atoms with Crippen LogP contribution in [0.3, 0.4) is 0 Å². The Morgan fingerprint density at radius 3 is 2.57 bits per heavy atom. The Bertz CT molecular complexity index is 483. The molecule has 14 heavy (non-hydrogen) atoms. The molecule has 1 aromatic heterocycles. The van der Waals surface area contributed by atoms with E-state index in [0.29, 0.717) is 5.46 Å². The van der Waals surface area contributed by atoms with Crippen LogP contribution in [0.4, 0.5) is 0 Å². The maximum absolute atomic E-state index is 9.20. The lowest BCUT2D eigenvalue weighted by Crippen LogP contribution is -2.29. The lowest BCUT2D eigenvalue weighted by Gasteiger charge is -1.97. The standard InChI is InChI=1S/C8H5BBr2O2S/c10-5-3-1-2-4-6(9(12)13)8(11)14-7(4)5/h1-3,12-13H. The first-order valence-electron chi connectivity index (χ1n) is 3.84. The summed E-state index contributed by atoms with van der Waals surface area (Å²) in [5.41, 5.74) is 0.534. The molecule has 0 saturated heterocycles. The van der Waals surface area contributed by atoms with Crippen molar-refractivity contribution in [2.45, 2.75) is 0 Å². The van der Waals surface area contributed by atoms with Gasteiger partial charge in [-0.3, -0.25) is 0 Å². The van der Waals surface area contributed by atoms with Crippen LogP contribution in [0.2, 0.25) is 0 Å². The van der Waals surface area contributed by atoms with Crippen molar-refractivity contribution in [3.63, 3.8) is 0 Å². The van der Waals surface area contributed by atoms with E-state index in [4.69, 9.17) is 0 Å². The number of halogens is 2. The van der Waals surface area contributed by atoms with E-state index >= 15 is 0 Å². The Kier molecular flexibility index (Phi) is 2.99. The van der Waals surface area contributed by atoms with Crippen LogP contribution in [-0.2, 0) is 0 Å². The first-order valence-corrected chi connectivity index (χ1v) is 6.24. The first kappa shape index (κ1) is 10.6. The minimum Gasteiger partial charge on any atom is -0.423 e. The zero-order valence-corrected chi connectivity index (χ0v) is 10.9. The number of thiophene rings is 1. The number of rotatable bonds is 1. The topological polar surface area (TPSA) is 40.5 Å². The van der Waals surface area contributed by atoms with E-state index in [1.807, 2.05) is 18.2 Å². The van der Waals surface area contributed by atoms with E-state index in [1.54, 1.807) is 0 Å². The first-order chi connectivity index (χ1) is 6.61. The average Bonchev–Trinajstić information content (AvgIpc) is 2.42. The summed E-state index contributed by atoms with van der Waals surface area (Å²) in [6, 6.07) is 5.67. The van der Waals surface area contributed by atoms with E-state index in [0.717, 1.165) is 18.3 Å². The van der Waals surface area contributed by atoms with Crippen LogP contribution in [0.15, 0.2) is 26.5 Å². The van der Waals surface area contributed by atoms with E-state index in [9.17, 15) is 10.0 Å². The molecule has 0 unspecified atom stereocenters. The quantitative estimate of drug-likeness (QED) is 0.784. The molecule has 0 fully saturated rings. The van der Waals surface area contributed by atoms with Gasteiger partial charge in [-0.05, 0) is 43.3 Å². The second-order valence-corrected chi connectivity index (χ2v) is 5.97. The molecule has 0 aliphatic rings. The summed E-state index contributed by atoms with van der Waals surface area (Å²) in [4.78, 5) is 0.